The lowest BCUT2D eigenvalue weighted by molar-refractivity contribution is 0.105. The molecule has 6 heteroatoms. The zero-order valence-electron chi connectivity index (χ0n) is 10.4. The van der Waals surface area contributed by atoms with Gasteiger partial charge in [0.2, 0.25) is 0 Å². The molecule has 0 radical (unpaired) electrons. The Morgan fingerprint density at radius 3 is 2.80 bits per heavy atom. The summed E-state index contributed by atoms with van der Waals surface area (Å²) in [6, 6.07) is 6.54. The SMILES string of the molecule is COc1cc(/C=C/C(=O)c2ccc(Cl)s2)c(Br)cc1O. The van der Waals surface area contributed by atoms with E-state index in [1.165, 1.54) is 30.6 Å². The van der Waals surface area contributed by atoms with E-state index in [1.807, 2.05) is 0 Å². The molecule has 0 spiro atoms. The number of benzene rings is 1. The Kier molecular flexibility index (Phi) is 4.86. The summed E-state index contributed by atoms with van der Waals surface area (Å²) < 4.78 is 6.28. The summed E-state index contributed by atoms with van der Waals surface area (Å²) in [5.41, 5.74) is 0.732. The quantitative estimate of drug-likeness (QED) is 0.620. The standard InChI is InChI=1S/C14H10BrClO3S/c1-19-12-6-8(9(15)7-11(12)18)2-3-10(17)13-4-5-14(16)20-13/h2-7,18H,1H3/b3-2+. The number of carbonyl (C=O) groups excluding carboxylic acids is 1. The maximum Gasteiger partial charge on any atom is 0.195 e. The van der Waals surface area contributed by atoms with Gasteiger partial charge in [-0.2, -0.15) is 0 Å². The maximum absolute atomic E-state index is 11.9. The second kappa shape index (κ2) is 6.43. The predicted octanol–water partition coefficient (Wildman–Crippen LogP) is 4.77. The Bertz CT molecular complexity index is 679. The van der Waals surface area contributed by atoms with E-state index in [2.05, 4.69) is 15.9 Å². The molecule has 1 heterocycles. The number of rotatable bonds is 4. The van der Waals surface area contributed by atoms with Gasteiger partial charge in [0.1, 0.15) is 0 Å². The lowest BCUT2D eigenvalue weighted by Crippen LogP contribution is -1.90. The molecule has 0 aliphatic heterocycles. The monoisotopic (exact) mass is 372 g/mol. The molecule has 2 aromatic rings. The van der Waals surface area contributed by atoms with E-state index in [0.29, 0.717) is 19.4 Å². The van der Waals surface area contributed by atoms with E-state index < -0.39 is 0 Å². The van der Waals surface area contributed by atoms with E-state index in [9.17, 15) is 9.90 Å². The molecule has 20 heavy (non-hydrogen) atoms. The van der Waals surface area contributed by atoms with Crippen LogP contribution in [0.2, 0.25) is 4.34 Å². The molecular weight excluding hydrogens is 364 g/mol. The Balaban J connectivity index is 2.25. The van der Waals surface area contributed by atoms with Gasteiger partial charge in [0.15, 0.2) is 17.3 Å². The summed E-state index contributed by atoms with van der Waals surface area (Å²) in [5.74, 6) is 0.258. The average Bonchev–Trinajstić information content (AvgIpc) is 2.84. The first-order valence-electron chi connectivity index (χ1n) is 5.55. The number of phenols is 1. The van der Waals surface area contributed by atoms with Crippen molar-refractivity contribution in [3.63, 3.8) is 0 Å². The van der Waals surface area contributed by atoms with Crippen LogP contribution in [0.4, 0.5) is 0 Å². The van der Waals surface area contributed by atoms with Crippen LogP contribution in [0, 0.1) is 0 Å². The number of ketones is 1. The highest BCUT2D eigenvalue weighted by molar-refractivity contribution is 9.10. The molecule has 3 nitrogen and oxygen atoms in total. The Hall–Kier alpha value is -1.30. The summed E-state index contributed by atoms with van der Waals surface area (Å²) in [4.78, 5) is 12.5. The van der Waals surface area contributed by atoms with Crippen molar-refractivity contribution >= 4 is 50.7 Å². The zero-order valence-corrected chi connectivity index (χ0v) is 13.6. The molecule has 104 valence electrons. The number of hydrogen-bond donors (Lipinski definition) is 1. The minimum Gasteiger partial charge on any atom is -0.504 e. The van der Waals surface area contributed by atoms with Crippen molar-refractivity contribution in [2.75, 3.05) is 7.11 Å². The number of thiophene rings is 1. The number of aromatic hydroxyl groups is 1. The second-order valence-corrected chi connectivity index (χ2v) is 6.42. The fourth-order valence-electron chi connectivity index (χ4n) is 1.54. The Morgan fingerprint density at radius 1 is 1.45 bits per heavy atom. The topological polar surface area (TPSA) is 46.5 Å². The van der Waals surface area contributed by atoms with E-state index >= 15 is 0 Å². The third-order valence-corrected chi connectivity index (χ3v) is 4.46. The highest BCUT2D eigenvalue weighted by atomic mass is 79.9. The van der Waals surface area contributed by atoms with Crippen LogP contribution in [0.5, 0.6) is 11.5 Å². The lowest BCUT2D eigenvalue weighted by atomic mass is 10.1. The summed E-state index contributed by atoms with van der Waals surface area (Å²) in [6.07, 6.45) is 3.11. The maximum atomic E-state index is 11.9. The highest BCUT2D eigenvalue weighted by Gasteiger charge is 2.08. The molecule has 1 aromatic carbocycles. The average molecular weight is 374 g/mol. The van der Waals surface area contributed by atoms with E-state index in [0.717, 1.165) is 5.56 Å². The van der Waals surface area contributed by atoms with Gasteiger partial charge in [0.25, 0.3) is 0 Å². The van der Waals surface area contributed by atoms with Crippen LogP contribution in [0.15, 0.2) is 34.8 Å². The van der Waals surface area contributed by atoms with Crippen LogP contribution in [-0.4, -0.2) is 18.0 Å². The number of phenolic OH excluding ortho intramolecular Hbond substituents is 1. The fourth-order valence-corrected chi connectivity index (χ4v) is 2.97. The van der Waals surface area contributed by atoms with Gasteiger partial charge in [0, 0.05) is 4.47 Å². The zero-order chi connectivity index (χ0) is 14.7. The van der Waals surface area contributed by atoms with Crippen molar-refractivity contribution in [3.8, 4) is 11.5 Å². The van der Waals surface area contributed by atoms with E-state index in [1.54, 1.807) is 24.3 Å². The number of carbonyl (C=O) groups is 1. The number of halogens is 2. The minimum absolute atomic E-state index is 0.0351. The summed E-state index contributed by atoms with van der Waals surface area (Å²) >= 11 is 10.4. The Labute approximate surface area is 133 Å². The molecule has 0 bridgehead atoms. The third-order valence-electron chi connectivity index (χ3n) is 2.53. The number of methoxy groups -OCH3 is 1. The molecule has 2 rings (SSSR count). The second-order valence-electron chi connectivity index (χ2n) is 3.85. The molecule has 0 amide bonds. The van der Waals surface area contributed by atoms with Gasteiger partial charge in [-0.25, -0.2) is 0 Å². The Morgan fingerprint density at radius 2 is 2.20 bits per heavy atom. The van der Waals surface area contributed by atoms with Gasteiger partial charge in [-0.15, -0.1) is 11.3 Å². The first-order valence-corrected chi connectivity index (χ1v) is 7.54. The van der Waals surface area contributed by atoms with E-state index in [4.69, 9.17) is 16.3 Å². The van der Waals surface area contributed by atoms with Crippen molar-refractivity contribution in [2.45, 2.75) is 0 Å². The van der Waals surface area contributed by atoms with Crippen LogP contribution >= 0.6 is 38.9 Å². The van der Waals surface area contributed by atoms with Gasteiger partial charge in [-0.1, -0.05) is 27.5 Å². The first-order chi connectivity index (χ1) is 9.51. The van der Waals surface area contributed by atoms with Crippen molar-refractivity contribution in [2.24, 2.45) is 0 Å². The molecular formula is C14H10BrClO3S. The van der Waals surface area contributed by atoms with Crippen molar-refractivity contribution < 1.29 is 14.6 Å². The number of hydrogen-bond acceptors (Lipinski definition) is 4. The number of ether oxygens (including phenoxy) is 1. The van der Waals surface area contributed by atoms with Gasteiger partial charge < -0.3 is 9.84 Å². The number of allylic oxidation sites excluding steroid dienone is 1. The molecule has 0 fully saturated rings. The molecule has 0 aliphatic rings. The van der Waals surface area contributed by atoms with Crippen LogP contribution in [0.25, 0.3) is 6.08 Å². The van der Waals surface area contributed by atoms with Crippen molar-refractivity contribution in [1.29, 1.82) is 0 Å². The van der Waals surface area contributed by atoms with Gasteiger partial charge in [-0.05, 0) is 42.0 Å². The molecule has 0 atom stereocenters. The summed E-state index contributed by atoms with van der Waals surface area (Å²) in [6.45, 7) is 0. The molecule has 1 aromatic heterocycles. The van der Waals surface area contributed by atoms with E-state index in [-0.39, 0.29) is 11.5 Å². The molecule has 0 saturated heterocycles. The largest absolute Gasteiger partial charge is 0.504 e. The van der Waals surface area contributed by atoms with Crippen LogP contribution in [0.3, 0.4) is 0 Å². The first kappa shape index (κ1) is 15.1. The van der Waals surface area contributed by atoms with Gasteiger partial charge in [-0.3, -0.25) is 4.79 Å². The molecule has 0 saturated carbocycles. The van der Waals surface area contributed by atoms with Gasteiger partial charge >= 0.3 is 0 Å². The summed E-state index contributed by atoms with van der Waals surface area (Å²) in [5, 5.41) is 9.61. The molecule has 0 aliphatic carbocycles. The third kappa shape index (κ3) is 3.42. The minimum atomic E-state index is -0.124. The molecule has 1 N–H and O–H groups in total. The smallest absolute Gasteiger partial charge is 0.195 e. The van der Waals surface area contributed by atoms with Crippen LogP contribution in [0.1, 0.15) is 15.2 Å². The van der Waals surface area contributed by atoms with Crippen molar-refractivity contribution in [3.05, 3.63) is 49.6 Å². The lowest BCUT2D eigenvalue weighted by Gasteiger charge is -2.06. The van der Waals surface area contributed by atoms with Crippen molar-refractivity contribution in [1.82, 2.24) is 0 Å². The fraction of sp³-hybridized carbons (Fsp3) is 0.0714. The highest BCUT2D eigenvalue weighted by Crippen LogP contribution is 2.33. The predicted molar refractivity (Wildman–Crippen MR) is 85.1 cm³/mol. The van der Waals surface area contributed by atoms with Gasteiger partial charge in [0.05, 0.1) is 16.3 Å². The molecule has 0 unspecified atom stereocenters. The van der Waals surface area contributed by atoms with Crippen LogP contribution < -0.4 is 4.74 Å². The van der Waals surface area contributed by atoms with Crippen LogP contribution in [-0.2, 0) is 0 Å². The summed E-state index contributed by atoms with van der Waals surface area (Å²) in [7, 11) is 1.47. The normalized spacial score (nSPS) is 10.9.